The molecule has 0 aliphatic heterocycles. The predicted molar refractivity (Wildman–Crippen MR) is 77.2 cm³/mol. The third kappa shape index (κ3) is 9.86. The summed E-state index contributed by atoms with van der Waals surface area (Å²) in [7, 11) is 0. The smallest absolute Gasteiger partial charge is 0.166 e. The fourth-order valence-electron chi connectivity index (χ4n) is 2.09. The SMILES string of the molecule is C[CH]C(CCCCCCCCC)NC(C)C(O)O. The molecule has 2 unspecified atom stereocenters. The van der Waals surface area contributed by atoms with Crippen molar-refractivity contribution in [2.75, 3.05) is 0 Å². The summed E-state index contributed by atoms with van der Waals surface area (Å²) in [6.45, 7) is 6.06. The molecule has 0 aliphatic carbocycles. The maximum Gasteiger partial charge on any atom is 0.166 e. The molecule has 0 aromatic heterocycles. The Morgan fingerprint density at radius 2 is 1.56 bits per heavy atom. The lowest BCUT2D eigenvalue weighted by molar-refractivity contribution is -0.0642. The van der Waals surface area contributed by atoms with Gasteiger partial charge >= 0.3 is 0 Å². The van der Waals surface area contributed by atoms with E-state index in [2.05, 4.69) is 18.7 Å². The van der Waals surface area contributed by atoms with Crippen LogP contribution in [0.4, 0.5) is 0 Å². The van der Waals surface area contributed by atoms with Crippen molar-refractivity contribution in [1.29, 1.82) is 0 Å². The summed E-state index contributed by atoms with van der Waals surface area (Å²) in [6.07, 6.45) is 11.1. The van der Waals surface area contributed by atoms with Gasteiger partial charge in [-0.3, -0.25) is 0 Å². The van der Waals surface area contributed by atoms with Gasteiger partial charge in [-0.05, 0) is 19.8 Å². The molecular weight excluding hydrogens is 226 g/mol. The van der Waals surface area contributed by atoms with Gasteiger partial charge < -0.3 is 15.5 Å². The van der Waals surface area contributed by atoms with Crippen molar-refractivity contribution in [3.8, 4) is 0 Å². The molecule has 0 heterocycles. The van der Waals surface area contributed by atoms with Gasteiger partial charge in [0.1, 0.15) is 0 Å². The van der Waals surface area contributed by atoms with E-state index < -0.39 is 6.29 Å². The first kappa shape index (κ1) is 17.9. The molecule has 0 fully saturated rings. The average molecular weight is 258 g/mol. The molecule has 3 N–H and O–H groups in total. The zero-order valence-corrected chi connectivity index (χ0v) is 12.4. The third-order valence-corrected chi connectivity index (χ3v) is 3.45. The molecule has 0 spiro atoms. The molecule has 3 heteroatoms. The number of unbranched alkanes of at least 4 members (excludes halogenated alkanes) is 6. The molecule has 109 valence electrons. The van der Waals surface area contributed by atoms with E-state index >= 15 is 0 Å². The highest BCUT2D eigenvalue weighted by atomic mass is 16.5. The van der Waals surface area contributed by atoms with Crippen LogP contribution in [0.3, 0.4) is 0 Å². The van der Waals surface area contributed by atoms with E-state index in [4.69, 9.17) is 10.2 Å². The minimum atomic E-state index is -1.28. The van der Waals surface area contributed by atoms with Crippen molar-refractivity contribution in [3.05, 3.63) is 6.42 Å². The van der Waals surface area contributed by atoms with Gasteiger partial charge in [0.15, 0.2) is 6.29 Å². The van der Waals surface area contributed by atoms with Crippen molar-refractivity contribution in [2.24, 2.45) is 0 Å². The summed E-state index contributed by atoms with van der Waals surface area (Å²) in [5, 5.41) is 21.3. The Labute approximate surface area is 113 Å². The van der Waals surface area contributed by atoms with E-state index in [0.717, 1.165) is 6.42 Å². The summed E-state index contributed by atoms with van der Waals surface area (Å²) >= 11 is 0. The van der Waals surface area contributed by atoms with Crippen LogP contribution in [0.15, 0.2) is 0 Å². The highest BCUT2D eigenvalue weighted by Gasteiger charge is 2.14. The highest BCUT2D eigenvalue weighted by Crippen LogP contribution is 2.11. The fourth-order valence-corrected chi connectivity index (χ4v) is 2.09. The molecule has 0 rings (SSSR count). The van der Waals surface area contributed by atoms with Crippen LogP contribution in [0.5, 0.6) is 0 Å². The molecule has 2 atom stereocenters. The van der Waals surface area contributed by atoms with E-state index in [-0.39, 0.29) is 12.1 Å². The van der Waals surface area contributed by atoms with Gasteiger partial charge in [0.25, 0.3) is 0 Å². The van der Waals surface area contributed by atoms with Crippen molar-refractivity contribution in [1.82, 2.24) is 5.32 Å². The molecule has 18 heavy (non-hydrogen) atoms. The van der Waals surface area contributed by atoms with Crippen molar-refractivity contribution in [2.45, 2.75) is 90.5 Å². The molecule has 1 radical (unpaired) electrons. The zero-order valence-electron chi connectivity index (χ0n) is 12.4. The van der Waals surface area contributed by atoms with Crippen molar-refractivity contribution < 1.29 is 10.2 Å². The van der Waals surface area contributed by atoms with E-state index in [1.807, 2.05) is 6.92 Å². The van der Waals surface area contributed by atoms with Crippen LogP contribution in [0.25, 0.3) is 0 Å². The van der Waals surface area contributed by atoms with Crippen molar-refractivity contribution in [3.63, 3.8) is 0 Å². The molecule has 3 nitrogen and oxygen atoms in total. The Morgan fingerprint density at radius 3 is 2.06 bits per heavy atom. The lowest BCUT2D eigenvalue weighted by atomic mass is 10.0. The van der Waals surface area contributed by atoms with Gasteiger partial charge in [-0.2, -0.15) is 0 Å². The van der Waals surface area contributed by atoms with Gasteiger partial charge in [0, 0.05) is 6.04 Å². The van der Waals surface area contributed by atoms with E-state index in [1.165, 1.54) is 44.9 Å². The Balaban J connectivity index is 3.50. The number of rotatable bonds is 12. The van der Waals surface area contributed by atoms with Crippen LogP contribution >= 0.6 is 0 Å². The first-order chi connectivity index (χ1) is 8.61. The molecular formula is C15H32NO2. The maximum atomic E-state index is 9.04. The number of hydrogen-bond acceptors (Lipinski definition) is 3. The first-order valence-electron chi connectivity index (χ1n) is 7.53. The summed E-state index contributed by atoms with van der Waals surface area (Å²) in [5.41, 5.74) is 0. The van der Waals surface area contributed by atoms with Gasteiger partial charge in [-0.1, -0.05) is 58.8 Å². The number of hydrogen-bond donors (Lipinski definition) is 3. The van der Waals surface area contributed by atoms with Gasteiger partial charge in [-0.25, -0.2) is 0 Å². The molecule has 0 bridgehead atoms. The Morgan fingerprint density at radius 1 is 1.00 bits per heavy atom. The number of nitrogens with one attached hydrogen (secondary N) is 1. The van der Waals surface area contributed by atoms with E-state index in [1.54, 1.807) is 6.92 Å². The minimum Gasteiger partial charge on any atom is -0.367 e. The maximum absolute atomic E-state index is 9.04. The summed E-state index contributed by atoms with van der Waals surface area (Å²) in [4.78, 5) is 0. The van der Waals surface area contributed by atoms with Gasteiger partial charge in [0.2, 0.25) is 0 Å². The quantitative estimate of drug-likeness (QED) is 0.372. The lowest BCUT2D eigenvalue weighted by Crippen LogP contribution is -2.43. The van der Waals surface area contributed by atoms with E-state index in [0.29, 0.717) is 0 Å². The average Bonchev–Trinajstić information content (AvgIpc) is 2.35. The molecule has 0 aromatic rings. The molecule has 0 aromatic carbocycles. The zero-order chi connectivity index (χ0) is 13.8. The van der Waals surface area contributed by atoms with Gasteiger partial charge in [0.05, 0.1) is 6.04 Å². The standard InChI is InChI=1S/C15H32NO2/c1-4-6-7-8-9-10-11-12-14(5-2)16-13(3)15(17)18/h5,13-18H,4,6-12H2,1-3H3. The highest BCUT2D eigenvalue weighted by molar-refractivity contribution is 4.81. The molecule has 0 saturated heterocycles. The fraction of sp³-hybridized carbons (Fsp3) is 0.933. The summed E-state index contributed by atoms with van der Waals surface area (Å²) < 4.78 is 0. The molecule has 0 amide bonds. The first-order valence-corrected chi connectivity index (χ1v) is 7.53. The monoisotopic (exact) mass is 258 g/mol. The minimum absolute atomic E-state index is 0.268. The van der Waals surface area contributed by atoms with Crippen molar-refractivity contribution >= 4 is 0 Å². The van der Waals surface area contributed by atoms with Crippen LogP contribution in [0.1, 0.15) is 72.1 Å². The largest absolute Gasteiger partial charge is 0.367 e. The second kappa shape index (κ2) is 11.9. The predicted octanol–water partition coefficient (Wildman–Crippen LogP) is 3.01. The summed E-state index contributed by atoms with van der Waals surface area (Å²) in [6, 6.07) is 0.0215. The lowest BCUT2D eigenvalue weighted by Gasteiger charge is -2.23. The topological polar surface area (TPSA) is 52.5 Å². The van der Waals surface area contributed by atoms with E-state index in [9.17, 15) is 0 Å². The number of aliphatic hydroxyl groups is 2. The third-order valence-electron chi connectivity index (χ3n) is 3.45. The molecule has 0 aliphatic rings. The number of aliphatic hydroxyl groups excluding tert-OH is 1. The Kier molecular flexibility index (Phi) is 11.9. The Bertz CT molecular complexity index is 174. The van der Waals surface area contributed by atoms with Crippen LogP contribution in [0, 0.1) is 6.42 Å². The second-order valence-corrected chi connectivity index (χ2v) is 5.22. The molecule has 0 saturated carbocycles. The van der Waals surface area contributed by atoms with Crippen LogP contribution < -0.4 is 5.32 Å². The van der Waals surface area contributed by atoms with Crippen LogP contribution in [-0.2, 0) is 0 Å². The van der Waals surface area contributed by atoms with Gasteiger partial charge in [-0.15, -0.1) is 0 Å². The second-order valence-electron chi connectivity index (χ2n) is 5.22. The Hall–Kier alpha value is -0.120. The summed E-state index contributed by atoms with van der Waals surface area (Å²) in [5.74, 6) is 0. The van der Waals surface area contributed by atoms with Crippen LogP contribution in [-0.4, -0.2) is 28.6 Å². The van der Waals surface area contributed by atoms with Crippen LogP contribution in [0.2, 0.25) is 0 Å². The normalized spacial score (nSPS) is 15.0.